The number of ether oxygens (including phenoxy) is 10. The number of hydrogen-bond acceptors (Lipinski definition) is 12. The Labute approximate surface area is 275 Å². The van der Waals surface area contributed by atoms with Crippen LogP contribution in [0, 0.1) is 0 Å². The normalized spacial score (nSPS) is 11.1. The summed E-state index contributed by atoms with van der Waals surface area (Å²) in [5.74, 6) is 1.52. The summed E-state index contributed by atoms with van der Waals surface area (Å²) in [6.07, 6.45) is 0. The highest BCUT2D eigenvalue weighted by atomic mass is 16.7. The van der Waals surface area contributed by atoms with Gasteiger partial charge in [0.15, 0.2) is 0 Å². The summed E-state index contributed by atoms with van der Waals surface area (Å²) in [7, 11) is 0. The van der Waals surface area contributed by atoms with Crippen molar-refractivity contribution in [2.24, 2.45) is 0 Å². The fraction of sp³-hybridized carbons (Fsp3) is 0.647. The molecule has 0 heterocycles. The number of hydrogen-bond donors (Lipinski definition) is 0. The maximum atomic E-state index is 6.26. The summed E-state index contributed by atoms with van der Waals surface area (Å²) in [6, 6.07) is 15.9. The predicted molar refractivity (Wildman–Crippen MR) is 178 cm³/mol. The van der Waals surface area contributed by atoms with Crippen molar-refractivity contribution in [3.63, 3.8) is 0 Å². The molecular weight excluding hydrogens is 596 g/mol. The van der Waals surface area contributed by atoms with Crippen LogP contribution in [0.5, 0.6) is 11.5 Å². The number of para-hydroxylation sites is 4. The highest BCUT2D eigenvalue weighted by Gasteiger charge is 2.15. The van der Waals surface area contributed by atoms with E-state index in [1.807, 2.05) is 76.2 Å². The molecule has 12 heteroatoms. The molecule has 0 spiro atoms. The third-order valence-corrected chi connectivity index (χ3v) is 6.52. The number of rotatable bonds is 31. The van der Waals surface area contributed by atoms with E-state index in [1.165, 1.54) is 0 Å². The average Bonchev–Trinajstić information content (AvgIpc) is 3.08. The molecular formula is C34H56N2O10. The van der Waals surface area contributed by atoms with Gasteiger partial charge in [0, 0.05) is 52.6 Å². The van der Waals surface area contributed by atoms with Crippen LogP contribution in [0.1, 0.15) is 27.7 Å². The maximum absolute atomic E-state index is 6.26. The monoisotopic (exact) mass is 652 g/mol. The van der Waals surface area contributed by atoms with Gasteiger partial charge in [0.1, 0.15) is 51.9 Å². The molecule has 0 aliphatic heterocycles. The summed E-state index contributed by atoms with van der Waals surface area (Å²) in [4.78, 5) is 4.37. The van der Waals surface area contributed by atoms with Crippen LogP contribution in [0.2, 0.25) is 0 Å². The molecule has 12 nitrogen and oxygen atoms in total. The van der Waals surface area contributed by atoms with Crippen LogP contribution >= 0.6 is 0 Å². The predicted octanol–water partition coefficient (Wildman–Crippen LogP) is 4.80. The third-order valence-electron chi connectivity index (χ3n) is 6.52. The molecule has 0 atom stereocenters. The van der Waals surface area contributed by atoms with E-state index in [0.717, 1.165) is 22.9 Å². The highest BCUT2D eigenvalue weighted by molar-refractivity contribution is 5.59. The lowest BCUT2D eigenvalue weighted by Gasteiger charge is -2.27. The van der Waals surface area contributed by atoms with Gasteiger partial charge in [-0.05, 0) is 52.0 Å². The van der Waals surface area contributed by atoms with Gasteiger partial charge >= 0.3 is 0 Å². The van der Waals surface area contributed by atoms with Gasteiger partial charge in [0.05, 0.1) is 37.8 Å². The summed E-state index contributed by atoms with van der Waals surface area (Å²) in [5.41, 5.74) is 1.90. The molecule has 0 aliphatic rings. The first kappa shape index (κ1) is 39.5. The number of anilines is 2. The maximum Gasteiger partial charge on any atom is 0.146 e. The zero-order valence-electron chi connectivity index (χ0n) is 28.3. The SMILES string of the molecule is CCOCOCCN(CCOCOCC)c1ccccc1OCCOc1ccccc1N(CCOCOCC)CCOCOCC. The van der Waals surface area contributed by atoms with Crippen molar-refractivity contribution in [3.05, 3.63) is 48.5 Å². The van der Waals surface area contributed by atoms with Crippen LogP contribution in [0.25, 0.3) is 0 Å². The zero-order valence-corrected chi connectivity index (χ0v) is 28.3. The third kappa shape index (κ3) is 17.3. The molecule has 0 radical (unpaired) electrons. The van der Waals surface area contributed by atoms with Gasteiger partial charge in [-0.1, -0.05) is 24.3 Å². The molecule has 0 amide bonds. The molecule has 2 rings (SSSR count). The zero-order chi connectivity index (χ0) is 32.9. The van der Waals surface area contributed by atoms with Gasteiger partial charge in [-0.2, -0.15) is 0 Å². The molecule has 2 aromatic carbocycles. The Morgan fingerprint density at radius 3 is 1.00 bits per heavy atom. The van der Waals surface area contributed by atoms with E-state index in [4.69, 9.17) is 47.4 Å². The summed E-state index contributed by atoms with van der Waals surface area (Å²) in [6.45, 7) is 16.6. The Kier molecular flexibility index (Phi) is 23.6. The van der Waals surface area contributed by atoms with Gasteiger partial charge in [0.2, 0.25) is 0 Å². The van der Waals surface area contributed by atoms with Crippen molar-refractivity contribution in [1.82, 2.24) is 0 Å². The molecule has 0 aliphatic carbocycles. The van der Waals surface area contributed by atoms with Crippen LogP contribution in [0.15, 0.2) is 48.5 Å². The fourth-order valence-corrected chi connectivity index (χ4v) is 4.19. The van der Waals surface area contributed by atoms with Crippen molar-refractivity contribution >= 4 is 11.4 Å². The first-order valence-corrected chi connectivity index (χ1v) is 16.3. The molecule has 0 bridgehead atoms. The van der Waals surface area contributed by atoms with E-state index in [9.17, 15) is 0 Å². The van der Waals surface area contributed by atoms with Crippen molar-refractivity contribution in [2.75, 3.05) is 129 Å². The first-order valence-electron chi connectivity index (χ1n) is 16.3. The van der Waals surface area contributed by atoms with Crippen molar-refractivity contribution in [1.29, 1.82) is 0 Å². The van der Waals surface area contributed by atoms with Gasteiger partial charge in [-0.25, -0.2) is 0 Å². The number of nitrogens with zero attached hydrogens (tertiary/aromatic N) is 2. The standard InChI is InChI=1S/C34H56N2O10/c1-5-37-27-41-21-17-35(18-22-42-28-38-6-2)31-13-9-11-15-33(31)45-25-26-46-34-16-12-10-14-32(34)36(19-23-43-29-39-7-3)20-24-44-30-40-8-4/h9-16H,5-8,17-30H2,1-4H3. The Balaban J connectivity index is 2.01. The van der Waals surface area contributed by atoms with E-state index in [0.29, 0.717) is 92.2 Å². The van der Waals surface area contributed by atoms with E-state index in [2.05, 4.69) is 9.80 Å². The van der Waals surface area contributed by atoms with E-state index in [-0.39, 0.29) is 27.2 Å². The van der Waals surface area contributed by atoms with Crippen LogP contribution in [0.3, 0.4) is 0 Å². The molecule has 0 N–H and O–H groups in total. The quantitative estimate of drug-likeness (QED) is 0.0827. The lowest BCUT2D eigenvalue weighted by molar-refractivity contribution is -0.0509. The van der Waals surface area contributed by atoms with Crippen LogP contribution in [-0.4, -0.2) is 119 Å². The fourth-order valence-electron chi connectivity index (χ4n) is 4.19. The van der Waals surface area contributed by atoms with Gasteiger partial charge in [-0.3, -0.25) is 0 Å². The van der Waals surface area contributed by atoms with Crippen molar-refractivity contribution in [3.8, 4) is 11.5 Å². The largest absolute Gasteiger partial charge is 0.488 e. The van der Waals surface area contributed by atoms with E-state index < -0.39 is 0 Å². The lowest BCUT2D eigenvalue weighted by Crippen LogP contribution is -2.32. The Bertz CT molecular complexity index is 881. The molecule has 2 aromatic rings. The lowest BCUT2D eigenvalue weighted by atomic mass is 10.2. The highest BCUT2D eigenvalue weighted by Crippen LogP contribution is 2.30. The van der Waals surface area contributed by atoms with Gasteiger partial charge in [-0.15, -0.1) is 0 Å². The average molecular weight is 653 g/mol. The summed E-state index contributed by atoms with van der Waals surface area (Å²) in [5, 5.41) is 0. The van der Waals surface area contributed by atoms with Crippen molar-refractivity contribution in [2.45, 2.75) is 27.7 Å². The number of benzene rings is 2. The Hall–Kier alpha value is -2.68. The minimum atomic E-state index is 0.264. The molecule has 0 unspecified atom stereocenters. The van der Waals surface area contributed by atoms with Gasteiger partial charge in [0.25, 0.3) is 0 Å². The molecule has 0 saturated carbocycles. The summed E-state index contributed by atoms with van der Waals surface area (Å²) >= 11 is 0. The first-order chi connectivity index (χ1) is 22.7. The van der Waals surface area contributed by atoms with Crippen LogP contribution in [-0.2, 0) is 37.9 Å². The van der Waals surface area contributed by atoms with Crippen LogP contribution in [0.4, 0.5) is 11.4 Å². The second-order valence-electron chi connectivity index (χ2n) is 9.68. The Morgan fingerprint density at radius 2 is 0.696 bits per heavy atom. The van der Waals surface area contributed by atoms with Crippen molar-refractivity contribution < 1.29 is 47.4 Å². The van der Waals surface area contributed by atoms with Crippen LogP contribution < -0.4 is 19.3 Å². The van der Waals surface area contributed by atoms with E-state index >= 15 is 0 Å². The molecule has 0 fully saturated rings. The minimum absolute atomic E-state index is 0.264. The van der Waals surface area contributed by atoms with Gasteiger partial charge < -0.3 is 57.2 Å². The topological polar surface area (TPSA) is 98.8 Å². The molecule has 262 valence electrons. The van der Waals surface area contributed by atoms with E-state index in [1.54, 1.807) is 0 Å². The molecule has 0 saturated heterocycles. The Morgan fingerprint density at radius 1 is 0.391 bits per heavy atom. The minimum Gasteiger partial charge on any atom is -0.488 e. The second-order valence-corrected chi connectivity index (χ2v) is 9.68. The second kappa shape index (κ2) is 27.4. The molecule has 0 aromatic heterocycles. The summed E-state index contributed by atoms with van der Waals surface area (Å²) < 4.78 is 56.4. The smallest absolute Gasteiger partial charge is 0.146 e. The molecule has 46 heavy (non-hydrogen) atoms.